The van der Waals surface area contributed by atoms with Crippen LogP contribution in [0.3, 0.4) is 0 Å². The first kappa shape index (κ1) is 12.1. The molecule has 2 aromatic rings. The van der Waals surface area contributed by atoms with Crippen molar-refractivity contribution in [1.82, 2.24) is 0 Å². The van der Waals surface area contributed by atoms with Gasteiger partial charge in [0.2, 0.25) is 0 Å². The molecule has 19 heavy (non-hydrogen) atoms. The van der Waals surface area contributed by atoms with Crippen molar-refractivity contribution in [3.8, 4) is 16.9 Å². The van der Waals surface area contributed by atoms with Crippen molar-refractivity contribution in [3.05, 3.63) is 48.0 Å². The molecule has 0 spiro atoms. The average Bonchev–Trinajstić information content (AvgIpc) is 2.47. The van der Waals surface area contributed by atoms with Gasteiger partial charge in [-0.1, -0.05) is 36.4 Å². The van der Waals surface area contributed by atoms with Crippen molar-refractivity contribution in [1.29, 1.82) is 0 Å². The smallest absolute Gasteiger partial charge is 0.150 e. The summed E-state index contributed by atoms with van der Waals surface area (Å²) in [6, 6.07) is 14.5. The van der Waals surface area contributed by atoms with Crippen molar-refractivity contribution in [3.63, 3.8) is 0 Å². The molecule has 0 unspecified atom stereocenters. The summed E-state index contributed by atoms with van der Waals surface area (Å²) in [6.45, 7) is 3.40. The number of fused-ring (bicyclic) bond motifs is 1. The fraction of sp³-hybridized carbons (Fsp3) is 0.250. The number of ether oxygens (including phenoxy) is 1. The van der Waals surface area contributed by atoms with Gasteiger partial charge in [0.25, 0.3) is 0 Å². The van der Waals surface area contributed by atoms with Crippen LogP contribution in [0.5, 0.6) is 5.75 Å². The van der Waals surface area contributed by atoms with E-state index in [1.54, 1.807) is 0 Å². The third-order valence-electron chi connectivity index (χ3n) is 3.52. The molecule has 0 saturated heterocycles. The number of nitrogens with two attached hydrogens (primary N) is 1. The highest BCUT2D eigenvalue weighted by atomic mass is 16.5. The van der Waals surface area contributed by atoms with Crippen LogP contribution >= 0.6 is 0 Å². The predicted molar refractivity (Wildman–Crippen MR) is 78.6 cm³/mol. The Morgan fingerprint density at radius 3 is 2.74 bits per heavy atom. The van der Waals surface area contributed by atoms with Crippen molar-refractivity contribution in [2.45, 2.75) is 13.0 Å². The number of hydrogen-bond acceptors (Lipinski definition) is 3. The summed E-state index contributed by atoms with van der Waals surface area (Å²) in [5.41, 5.74) is 10.3. The number of benzene rings is 2. The Morgan fingerprint density at radius 1 is 1.16 bits per heavy atom. The number of hydrogen-bond donors (Lipinski definition) is 2. The molecular weight excluding hydrogens is 236 g/mol. The molecule has 0 radical (unpaired) electrons. The lowest BCUT2D eigenvalue weighted by Crippen LogP contribution is -2.37. The average molecular weight is 254 g/mol. The van der Waals surface area contributed by atoms with E-state index in [2.05, 4.69) is 48.6 Å². The third kappa shape index (κ3) is 2.17. The molecule has 3 heteroatoms. The molecule has 3 nitrogen and oxygen atoms in total. The molecule has 0 amide bonds. The zero-order valence-corrected chi connectivity index (χ0v) is 11.0. The molecule has 1 aliphatic rings. The summed E-state index contributed by atoms with van der Waals surface area (Å²) < 4.78 is 6.03. The second-order valence-corrected chi connectivity index (χ2v) is 4.85. The van der Waals surface area contributed by atoms with Crippen LogP contribution in [0.25, 0.3) is 11.1 Å². The summed E-state index contributed by atoms with van der Waals surface area (Å²) in [7, 11) is 0. The van der Waals surface area contributed by atoms with Gasteiger partial charge in [-0.05, 0) is 24.1 Å². The Kier molecular flexibility index (Phi) is 3.13. The normalized spacial score (nSPS) is 17.3. The second kappa shape index (κ2) is 4.94. The van der Waals surface area contributed by atoms with Crippen molar-refractivity contribution < 1.29 is 4.74 Å². The quantitative estimate of drug-likeness (QED) is 0.866. The minimum Gasteiger partial charge on any atom is -0.484 e. The van der Waals surface area contributed by atoms with Gasteiger partial charge in [-0.2, -0.15) is 0 Å². The van der Waals surface area contributed by atoms with E-state index >= 15 is 0 Å². The van der Waals surface area contributed by atoms with Gasteiger partial charge in [-0.3, -0.25) is 0 Å². The molecule has 0 fully saturated rings. The highest BCUT2D eigenvalue weighted by Crippen LogP contribution is 2.40. The topological polar surface area (TPSA) is 47.3 Å². The Hall–Kier alpha value is -2.00. The van der Waals surface area contributed by atoms with E-state index in [4.69, 9.17) is 10.5 Å². The fourth-order valence-corrected chi connectivity index (χ4v) is 2.45. The van der Waals surface area contributed by atoms with E-state index < -0.39 is 0 Å². The molecule has 3 rings (SSSR count). The standard InChI is InChI=1S/C16H18N2O/c1-11-5-2-3-6-13(11)14-7-4-8-15-16(14)19-12(9-17)10-18-15/h2-8,12,18H,9-10,17H2,1H3/t12-/m1/s1. The predicted octanol–water partition coefficient (Wildman–Crippen LogP) is 2.79. The van der Waals surface area contributed by atoms with Crippen LogP contribution in [0.2, 0.25) is 0 Å². The van der Waals surface area contributed by atoms with Crippen molar-refractivity contribution in [2.75, 3.05) is 18.4 Å². The fourth-order valence-electron chi connectivity index (χ4n) is 2.45. The number of nitrogens with one attached hydrogen (secondary N) is 1. The van der Waals surface area contributed by atoms with Gasteiger partial charge < -0.3 is 15.8 Å². The molecule has 1 atom stereocenters. The molecule has 0 bridgehead atoms. The van der Waals surface area contributed by atoms with Gasteiger partial charge in [0, 0.05) is 12.1 Å². The summed E-state index contributed by atoms with van der Waals surface area (Å²) in [5, 5.41) is 3.39. The number of anilines is 1. The molecule has 0 saturated carbocycles. The molecular formula is C16H18N2O. The molecule has 1 heterocycles. The second-order valence-electron chi connectivity index (χ2n) is 4.85. The van der Waals surface area contributed by atoms with Gasteiger partial charge in [0.15, 0.2) is 5.75 Å². The van der Waals surface area contributed by atoms with E-state index in [0.717, 1.165) is 23.5 Å². The zero-order valence-electron chi connectivity index (χ0n) is 11.0. The highest BCUT2D eigenvalue weighted by Gasteiger charge is 2.21. The summed E-state index contributed by atoms with van der Waals surface area (Å²) >= 11 is 0. The Morgan fingerprint density at radius 2 is 1.95 bits per heavy atom. The van der Waals surface area contributed by atoms with Crippen LogP contribution in [0.15, 0.2) is 42.5 Å². The van der Waals surface area contributed by atoms with E-state index in [9.17, 15) is 0 Å². The minimum absolute atomic E-state index is 0.0395. The van der Waals surface area contributed by atoms with Gasteiger partial charge in [0.1, 0.15) is 6.10 Å². The Balaban J connectivity index is 2.11. The maximum absolute atomic E-state index is 6.03. The first-order valence-electron chi connectivity index (χ1n) is 6.59. The molecule has 98 valence electrons. The van der Waals surface area contributed by atoms with Crippen molar-refractivity contribution in [2.24, 2.45) is 5.73 Å². The third-order valence-corrected chi connectivity index (χ3v) is 3.52. The number of rotatable bonds is 2. The Labute approximate surface area is 113 Å². The van der Waals surface area contributed by atoms with Crippen LogP contribution < -0.4 is 15.8 Å². The summed E-state index contributed by atoms with van der Waals surface area (Å²) in [6.07, 6.45) is 0.0395. The monoisotopic (exact) mass is 254 g/mol. The first-order valence-corrected chi connectivity index (χ1v) is 6.59. The van der Waals surface area contributed by atoms with E-state index in [1.807, 2.05) is 6.07 Å². The molecule has 0 aliphatic carbocycles. The zero-order chi connectivity index (χ0) is 13.2. The lowest BCUT2D eigenvalue weighted by Gasteiger charge is -2.28. The molecule has 2 aromatic carbocycles. The highest BCUT2D eigenvalue weighted by molar-refractivity contribution is 5.80. The van der Waals surface area contributed by atoms with Crippen LogP contribution in [-0.4, -0.2) is 19.2 Å². The van der Waals surface area contributed by atoms with Crippen molar-refractivity contribution >= 4 is 5.69 Å². The maximum atomic E-state index is 6.03. The van der Waals surface area contributed by atoms with Gasteiger partial charge in [-0.15, -0.1) is 0 Å². The SMILES string of the molecule is Cc1ccccc1-c1cccc2c1O[C@H](CN)CN2. The number of aryl methyl sites for hydroxylation is 1. The van der Waals surface area contributed by atoms with E-state index in [1.165, 1.54) is 11.1 Å². The van der Waals surface area contributed by atoms with E-state index in [0.29, 0.717) is 6.54 Å². The summed E-state index contributed by atoms with van der Waals surface area (Å²) in [5.74, 6) is 0.915. The Bertz CT molecular complexity index is 595. The van der Waals surface area contributed by atoms with Gasteiger partial charge in [-0.25, -0.2) is 0 Å². The molecule has 3 N–H and O–H groups in total. The minimum atomic E-state index is 0.0395. The number of para-hydroxylation sites is 1. The lowest BCUT2D eigenvalue weighted by molar-refractivity contribution is 0.215. The van der Waals surface area contributed by atoms with E-state index in [-0.39, 0.29) is 6.10 Å². The lowest BCUT2D eigenvalue weighted by atomic mass is 9.98. The largest absolute Gasteiger partial charge is 0.484 e. The van der Waals surface area contributed by atoms with Crippen LogP contribution in [0, 0.1) is 6.92 Å². The van der Waals surface area contributed by atoms with Gasteiger partial charge >= 0.3 is 0 Å². The van der Waals surface area contributed by atoms with Gasteiger partial charge in [0.05, 0.1) is 12.2 Å². The van der Waals surface area contributed by atoms with Crippen LogP contribution in [0.1, 0.15) is 5.56 Å². The molecule has 1 aliphatic heterocycles. The van der Waals surface area contributed by atoms with Crippen LogP contribution in [-0.2, 0) is 0 Å². The molecule has 0 aromatic heterocycles. The summed E-state index contributed by atoms with van der Waals surface area (Å²) in [4.78, 5) is 0. The van der Waals surface area contributed by atoms with Crippen LogP contribution in [0.4, 0.5) is 5.69 Å². The first-order chi connectivity index (χ1) is 9.29. The maximum Gasteiger partial charge on any atom is 0.150 e.